The molecule has 1 aliphatic rings. The number of sulfone groups is 1. The molecule has 7 nitrogen and oxygen atoms in total. The lowest BCUT2D eigenvalue weighted by Crippen LogP contribution is -2.29. The number of anilines is 1. The number of nitrogens with zero attached hydrogens (tertiary/aromatic N) is 2. The molecule has 2 aromatic carbocycles. The summed E-state index contributed by atoms with van der Waals surface area (Å²) in [6.07, 6.45) is 0.679. The number of hydrogen-bond acceptors (Lipinski definition) is 6. The van der Waals surface area contributed by atoms with E-state index in [-0.39, 0.29) is 17.8 Å². The lowest BCUT2D eigenvalue weighted by Gasteiger charge is -2.27. The summed E-state index contributed by atoms with van der Waals surface area (Å²) in [6, 6.07) is 9.72. The van der Waals surface area contributed by atoms with Crippen LogP contribution in [0.15, 0.2) is 47.4 Å². The number of halogens is 3. The van der Waals surface area contributed by atoms with Crippen LogP contribution in [0.2, 0.25) is 5.02 Å². The number of nitro benzene ring substituents is 1. The van der Waals surface area contributed by atoms with Crippen LogP contribution >= 0.6 is 11.6 Å². The van der Waals surface area contributed by atoms with E-state index in [9.17, 15) is 27.3 Å². The van der Waals surface area contributed by atoms with Gasteiger partial charge in [-0.25, -0.2) is 8.42 Å². The molecule has 156 valence electrons. The Morgan fingerprint density at radius 2 is 1.90 bits per heavy atom. The van der Waals surface area contributed by atoms with E-state index in [4.69, 9.17) is 11.6 Å². The van der Waals surface area contributed by atoms with Gasteiger partial charge < -0.3 is 5.32 Å². The minimum absolute atomic E-state index is 0.0717. The van der Waals surface area contributed by atoms with Gasteiger partial charge in [0.15, 0.2) is 0 Å². The Labute approximate surface area is 171 Å². The third-order valence-corrected chi connectivity index (χ3v) is 6.56. The molecule has 1 aliphatic heterocycles. The van der Waals surface area contributed by atoms with Gasteiger partial charge in [0.25, 0.3) is 5.69 Å². The summed E-state index contributed by atoms with van der Waals surface area (Å²) < 4.78 is 48.9. The van der Waals surface area contributed by atoms with Crippen molar-refractivity contribution >= 4 is 32.8 Å². The summed E-state index contributed by atoms with van der Waals surface area (Å²) in [5.74, 6) is -3.65. The predicted octanol–water partition coefficient (Wildman–Crippen LogP) is 4.10. The number of alkyl halides is 2. The van der Waals surface area contributed by atoms with E-state index in [2.05, 4.69) is 10.2 Å². The van der Waals surface area contributed by atoms with Crippen molar-refractivity contribution in [3.63, 3.8) is 0 Å². The molecular formula is C18H18ClF2N3O4S. The maximum Gasteiger partial charge on any atom is 0.341 e. The first-order chi connectivity index (χ1) is 13.6. The first kappa shape index (κ1) is 21.4. The first-order valence-corrected chi connectivity index (χ1v) is 10.6. The third-order valence-electron chi connectivity index (χ3n) is 4.93. The molecule has 2 unspecified atom stereocenters. The normalized spacial score (nSPS) is 20.2. The van der Waals surface area contributed by atoms with Crippen molar-refractivity contribution in [1.82, 2.24) is 4.90 Å². The summed E-state index contributed by atoms with van der Waals surface area (Å²) in [7, 11) is -3.01. The fourth-order valence-electron chi connectivity index (χ4n) is 3.51. The monoisotopic (exact) mass is 445 g/mol. The van der Waals surface area contributed by atoms with Crippen LogP contribution in [0.3, 0.4) is 0 Å². The molecule has 0 aromatic heterocycles. The fraction of sp³-hybridized carbons (Fsp3) is 0.333. The number of rotatable bonds is 6. The number of likely N-dealkylation sites (N-methyl/N-ethyl adjacent to an activating group) is 1. The Morgan fingerprint density at radius 3 is 2.48 bits per heavy atom. The van der Waals surface area contributed by atoms with Gasteiger partial charge in [-0.15, -0.1) is 0 Å². The van der Waals surface area contributed by atoms with Gasteiger partial charge in [0.2, 0.25) is 9.84 Å². The second kappa shape index (κ2) is 8.21. The van der Waals surface area contributed by atoms with E-state index in [1.165, 1.54) is 0 Å². The van der Waals surface area contributed by atoms with Gasteiger partial charge in [0.05, 0.1) is 15.9 Å². The number of likely N-dealkylation sites (tertiary alicyclic amines) is 1. The largest absolute Gasteiger partial charge is 0.375 e. The molecule has 0 amide bonds. The summed E-state index contributed by atoms with van der Waals surface area (Å²) in [5, 5.41) is 15.1. The summed E-state index contributed by atoms with van der Waals surface area (Å²) >= 11 is 5.94. The second-order valence-corrected chi connectivity index (χ2v) is 9.11. The van der Waals surface area contributed by atoms with Crippen molar-refractivity contribution in [3.8, 4) is 0 Å². The Hall–Kier alpha value is -2.30. The molecule has 0 bridgehead atoms. The lowest BCUT2D eigenvalue weighted by molar-refractivity contribution is -0.384. The highest BCUT2D eigenvalue weighted by Gasteiger charge is 2.35. The van der Waals surface area contributed by atoms with Gasteiger partial charge in [-0.3, -0.25) is 15.0 Å². The van der Waals surface area contributed by atoms with Crippen LogP contribution < -0.4 is 5.32 Å². The van der Waals surface area contributed by atoms with Crippen LogP contribution in [0.4, 0.5) is 20.2 Å². The quantitative estimate of drug-likeness (QED) is 0.531. The van der Waals surface area contributed by atoms with E-state index >= 15 is 0 Å². The smallest absolute Gasteiger partial charge is 0.341 e. The lowest BCUT2D eigenvalue weighted by atomic mass is 10.00. The highest BCUT2D eigenvalue weighted by molar-refractivity contribution is 7.91. The van der Waals surface area contributed by atoms with Crippen LogP contribution in [0, 0.1) is 10.1 Å². The van der Waals surface area contributed by atoms with Gasteiger partial charge >= 0.3 is 5.76 Å². The van der Waals surface area contributed by atoms with Crippen molar-refractivity contribution in [3.05, 3.63) is 63.2 Å². The molecule has 11 heteroatoms. The first-order valence-electron chi connectivity index (χ1n) is 8.64. The zero-order valence-corrected chi connectivity index (χ0v) is 16.8. The zero-order chi connectivity index (χ0) is 21.3. The maximum atomic E-state index is 12.8. The Morgan fingerprint density at radius 1 is 1.24 bits per heavy atom. The van der Waals surface area contributed by atoms with E-state index in [1.54, 1.807) is 12.1 Å². The molecule has 0 spiro atoms. The minimum atomic E-state index is -4.93. The molecule has 2 atom stereocenters. The van der Waals surface area contributed by atoms with Crippen LogP contribution in [-0.2, 0) is 9.84 Å². The second-order valence-electron chi connectivity index (χ2n) is 6.76. The summed E-state index contributed by atoms with van der Waals surface area (Å²) in [5.41, 5.74) is 0.463. The Balaban J connectivity index is 1.94. The topological polar surface area (TPSA) is 92.6 Å². The van der Waals surface area contributed by atoms with Crippen LogP contribution in [0.1, 0.15) is 18.0 Å². The van der Waals surface area contributed by atoms with Gasteiger partial charge in [-0.2, -0.15) is 8.78 Å². The van der Waals surface area contributed by atoms with E-state index in [1.807, 2.05) is 19.2 Å². The van der Waals surface area contributed by atoms with Crippen LogP contribution in [-0.4, -0.2) is 43.6 Å². The summed E-state index contributed by atoms with van der Waals surface area (Å²) in [4.78, 5) is 12.0. The van der Waals surface area contributed by atoms with Crippen molar-refractivity contribution < 1.29 is 22.1 Å². The van der Waals surface area contributed by atoms with Gasteiger partial charge in [0, 0.05) is 23.7 Å². The maximum absolute atomic E-state index is 12.8. The third kappa shape index (κ3) is 4.34. The number of nitro groups is 1. The van der Waals surface area contributed by atoms with E-state index in [0.29, 0.717) is 17.5 Å². The number of benzene rings is 2. The number of nitrogens with one attached hydrogen (secondary N) is 1. The van der Waals surface area contributed by atoms with Gasteiger partial charge in [-0.05, 0) is 43.3 Å². The number of hydrogen-bond donors (Lipinski definition) is 1. The highest BCUT2D eigenvalue weighted by atomic mass is 35.5. The molecule has 0 radical (unpaired) electrons. The molecule has 0 saturated carbocycles. The molecule has 29 heavy (non-hydrogen) atoms. The fourth-order valence-corrected chi connectivity index (χ4v) is 4.37. The standard InChI is InChI=1S/C18H18ClF2N3O4S/c1-23-9-8-15(17(23)11-2-4-12(19)5-3-11)22-14-7-6-13(10-16(14)24(25)26)29(27,28)18(20)21/h2-7,10,15,17-18,22H,8-9H2,1H3. The molecule has 3 rings (SSSR count). The predicted molar refractivity (Wildman–Crippen MR) is 105 cm³/mol. The van der Waals surface area contributed by atoms with Crippen molar-refractivity contribution in [2.45, 2.75) is 29.2 Å². The average molecular weight is 446 g/mol. The molecule has 1 saturated heterocycles. The molecular weight excluding hydrogens is 428 g/mol. The summed E-state index contributed by atoms with van der Waals surface area (Å²) in [6.45, 7) is 0.733. The van der Waals surface area contributed by atoms with E-state index in [0.717, 1.165) is 24.2 Å². The molecule has 1 N–H and O–H groups in total. The van der Waals surface area contributed by atoms with Gasteiger partial charge in [0.1, 0.15) is 5.69 Å². The average Bonchev–Trinajstić information content (AvgIpc) is 3.02. The van der Waals surface area contributed by atoms with Crippen molar-refractivity contribution in [1.29, 1.82) is 0 Å². The van der Waals surface area contributed by atoms with Crippen molar-refractivity contribution in [2.75, 3.05) is 18.9 Å². The molecule has 2 aromatic rings. The molecule has 0 aliphatic carbocycles. The molecule has 1 heterocycles. The van der Waals surface area contributed by atoms with Crippen molar-refractivity contribution in [2.24, 2.45) is 0 Å². The van der Waals surface area contributed by atoms with Gasteiger partial charge in [-0.1, -0.05) is 23.7 Å². The Bertz CT molecular complexity index is 1020. The Kier molecular flexibility index (Phi) is 6.06. The highest BCUT2D eigenvalue weighted by Crippen LogP contribution is 2.36. The van der Waals surface area contributed by atoms with E-state index < -0.39 is 31.1 Å². The minimum Gasteiger partial charge on any atom is -0.375 e. The molecule has 1 fully saturated rings. The van der Waals surface area contributed by atoms with Crippen LogP contribution in [0.5, 0.6) is 0 Å². The SMILES string of the molecule is CN1CCC(Nc2ccc(S(=O)(=O)C(F)F)cc2[N+](=O)[O-])C1c1ccc(Cl)cc1. The zero-order valence-electron chi connectivity index (χ0n) is 15.3. The van der Waals surface area contributed by atoms with Crippen LogP contribution in [0.25, 0.3) is 0 Å².